The number of aromatic nitrogens is 3. The number of rotatable bonds is 4. The van der Waals surface area contributed by atoms with E-state index in [0.29, 0.717) is 31.1 Å². The molecule has 0 spiro atoms. The van der Waals surface area contributed by atoms with Gasteiger partial charge in [-0.25, -0.2) is 9.61 Å². The first-order valence-corrected chi connectivity index (χ1v) is 7.86. The van der Waals surface area contributed by atoms with Crippen LogP contribution >= 0.6 is 0 Å². The summed E-state index contributed by atoms with van der Waals surface area (Å²) >= 11 is 0. The van der Waals surface area contributed by atoms with Crippen molar-refractivity contribution in [2.75, 3.05) is 38.7 Å². The Morgan fingerprint density at radius 3 is 2.92 bits per heavy atom. The molecule has 3 rings (SSSR count). The van der Waals surface area contributed by atoms with E-state index in [-0.39, 0.29) is 18.4 Å². The number of anilines is 1. The predicted molar refractivity (Wildman–Crippen MR) is 86.6 cm³/mol. The average Bonchev–Trinajstić information content (AvgIpc) is 3.00. The topological polar surface area (TPSA) is 84.6 Å². The van der Waals surface area contributed by atoms with Crippen molar-refractivity contribution in [1.29, 1.82) is 0 Å². The summed E-state index contributed by atoms with van der Waals surface area (Å²) in [7, 11) is 3.88. The summed E-state index contributed by atoms with van der Waals surface area (Å²) in [5.74, 6) is 0.856. The van der Waals surface area contributed by atoms with Crippen molar-refractivity contribution in [3.63, 3.8) is 0 Å². The van der Waals surface area contributed by atoms with Gasteiger partial charge >= 0.3 is 0 Å². The molecule has 3 heterocycles. The standard InChI is InChI=1S/C16H21N5O3/c1-11-13(19-24-18-11)9-16(22)21-7-8-23-14(10-21)12-5-4-6-15(17-12)20(2)3/h4-6,14H,7-10H2,1-3H3/t14-/m1/s1. The smallest absolute Gasteiger partial charge is 0.228 e. The van der Waals surface area contributed by atoms with Crippen LogP contribution in [-0.2, 0) is 16.0 Å². The van der Waals surface area contributed by atoms with Crippen LogP contribution in [-0.4, -0.2) is 59.9 Å². The molecule has 1 fully saturated rings. The molecular weight excluding hydrogens is 310 g/mol. The molecule has 1 atom stereocenters. The lowest BCUT2D eigenvalue weighted by atomic mass is 10.1. The second-order valence-electron chi connectivity index (χ2n) is 5.99. The molecule has 1 aliphatic heterocycles. The molecule has 0 aliphatic carbocycles. The maximum Gasteiger partial charge on any atom is 0.228 e. The van der Waals surface area contributed by atoms with Gasteiger partial charge in [0.05, 0.1) is 25.3 Å². The van der Waals surface area contributed by atoms with Crippen molar-refractivity contribution in [2.24, 2.45) is 0 Å². The minimum absolute atomic E-state index is 0.00846. The van der Waals surface area contributed by atoms with Crippen molar-refractivity contribution in [3.8, 4) is 0 Å². The number of ether oxygens (including phenoxy) is 1. The lowest BCUT2D eigenvalue weighted by Crippen LogP contribution is -2.43. The maximum atomic E-state index is 12.5. The highest BCUT2D eigenvalue weighted by Crippen LogP contribution is 2.23. The zero-order valence-corrected chi connectivity index (χ0v) is 14.1. The molecule has 0 saturated carbocycles. The van der Waals surface area contributed by atoms with Gasteiger partial charge in [-0.2, -0.15) is 0 Å². The molecule has 8 heteroatoms. The Kier molecular flexibility index (Phi) is 4.75. The molecule has 128 valence electrons. The Morgan fingerprint density at radius 1 is 1.38 bits per heavy atom. The van der Waals surface area contributed by atoms with Crippen molar-refractivity contribution in [2.45, 2.75) is 19.4 Å². The third-order valence-electron chi connectivity index (χ3n) is 4.03. The van der Waals surface area contributed by atoms with Crippen molar-refractivity contribution < 1.29 is 14.2 Å². The molecule has 1 aliphatic rings. The number of aryl methyl sites for hydroxylation is 1. The molecule has 24 heavy (non-hydrogen) atoms. The molecular formula is C16H21N5O3. The summed E-state index contributed by atoms with van der Waals surface area (Å²) < 4.78 is 10.5. The number of carbonyl (C=O) groups is 1. The zero-order chi connectivity index (χ0) is 17.1. The van der Waals surface area contributed by atoms with Crippen LogP contribution in [0.15, 0.2) is 22.8 Å². The summed E-state index contributed by atoms with van der Waals surface area (Å²) in [5.41, 5.74) is 2.06. The van der Waals surface area contributed by atoms with Crippen LogP contribution in [0.25, 0.3) is 0 Å². The number of amides is 1. The van der Waals surface area contributed by atoms with Gasteiger partial charge in [-0.15, -0.1) is 0 Å². The first kappa shape index (κ1) is 16.4. The van der Waals surface area contributed by atoms with Gasteiger partial charge in [0.15, 0.2) is 0 Å². The molecule has 0 N–H and O–H groups in total. The molecule has 0 radical (unpaired) electrons. The van der Waals surface area contributed by atoms with Crippen LogP contribution in [0.2, 0.25) is 0 Å². The normalized spacial score (nSPS) is 17.8. The predicted octanol–water partition coefficient (Wildman–Crippen LogP) is 0.982. The van der Waals surface area contributed by atoms with Gasteiger partial charge in [-0.1, -0.05) is 16.4 Å². The van der Waals surface area contributed by atoms with Crippen LogP contribution in [0.1, 0.15) is 23.2 Å². The third-order valence-corrected chi connectivity index (χ3v) is 4.03. The maximum absolute atomic E-state index is 12.5. The second-order valence-corrected chi connectivity index (χ2v) is 5.99. The number of hydrogen-bond acceptors (Lipinski definition) is 7. The van der Waals surface area contributed by atoms with E-state index in [0.717, 1.165) is 11.5 Å². The van der Waals surface area contributed by atoms with Crippen molar-refractivity contribution >= 4 is 11.7 Å². The van der Waals surface area contributed by atoms with Gasteiger partial charge in [0.1, 0.15) is 23.3 Å². The lowest BCUT2D eigenvalue weighted by molar-refractivity contribution is -0.138. The molecule has 0 bridgehead atoms. The van der Waals surface area contributed by atoms with Gasteiger partial charge in [-0.05, 0) is 19.1 Å². The molecule has 1 amide bonds. The fourth-order valence-corrected chi connectivity index (χ4v) is 2.59. The Balaban J connectivity index is 1.69. The summed E-state index contributed by atoms with van der Waals surface area (Å²) in [4.78, 5) is 20.8. The molecule has 2 aromatic rings. The third kappa shape index (κ3) is 3.53. The average molecular weight is 331 g/mol. The van der Waals surface area contributed by atoms with E-state index < -0.39 is 0 Å². The molecule has 1 saturated heterocycles. The van der Waals surface area contributed by atoms with Gasteiger partial charge in [0.25, 0.3) is 0 Å². The number of pyridine rings is 1. The van der Waals surface area contributed by atoms with E-state index >= 15 is 0 Å². The van der Waals surface area contributed by atoms with Crippen LogP contribution in [0.3, 0.4) is 0 Å². The highest BCUT2D eigenvalue weighted by atomic mass is 16.6. The number of morpholine rings is 1. The van der Waals surface area contributed by atoms with E-state index in [2.05, 4.69) is 19.9 Å². The Hall–Kier alpha value is -2.48. The first-order valence-electron chi connectivity index (χ1n) is 7.86. The Labute approximate surface area is 140 Å². The molecule has 8 nitrogen and oxygen atoms in total. The number of carbonyl (C=O) groups excluding carboxylic acids is 1. The minimum Gasteiger partial charge on any atom is -0.368 e. The Morgan fingerprint density at radius 2 is 2.21 bits per heavy atom. The minimum atomic E-state index is -0.223. The van der Waals surface area contributed by atoms with E-state index in [1.165, 1.54) is 0 Å². The summed E-state index contributed by atoms with van der Waals surface area (Å²) in [6.07, 6.45) is -0.0353. The highest BCUT2D eigenvalue weighted by Gasteiger charge is 2.27. The van der Waals surface area contributed by atoms with Gasteiger partial charge in [-0.3, -0.25) is 4.79 Å². The quantitative estimate of drug-likeness (QED) is 0.825. The Bertz CT molecular complexity index is 715. The molecule has 0 aromatic carbocycles. The molecule has 2 aromatic heterocycles. The van der Waals surface area contributed by atoms with E-state index in [4.69, 9.17) is 4.74 Å². The van der Waals surface area contributed by atoms with Gasteiger partial charge in [0, 0.05) is 20.6 Å². The van der Waals surface area contributed by atoms with E-state index in [1.54, 1.807) is 11.8 Å². The van der Waals surface area contributed by atoms with Crippen molar-refractivity contribution in [1.82, 2.24) is 20.2 Å². The van der Waals surface area contributed by atoms with Gasteiger partial charge < -0.3 is 14.5 Å². The fourth-order valence-electron chi connectivity index (χ4n) is 2.59. The van der Waals surface area contributed by atoms with E-state index in [9.17, 15) is 4.79 Å². The van der Waals surface area contributed by atoms with Crippen LogP contribution in [0.4, 0.5) is 5.82 Å². The first-order chi connectivity index (χ1) is 11.5. The number of nitrogens with zero attached hydrogens (tertiary/aromatic N) is 5. The largest absolute Gasteiger partial charge is 0.368 e. The SMILES string of the molecule is Cc1nonc1CC(=O)N1CCO[C@@H](c2cccc(N(C)C)n2)C1. The summed E-state index contributed by atoms with van der Waals surface area (Å²) in [6.45, 7) is 3.30. The monoisotopic (exact) mass is 331 g/mol. The van der Waals surface area contributed by atoms with E-state index in [1.807, 2.05) is 37.2 Å². The van der Waals surface area contributed by atoms with Gasteiger partial charge in [0.2, 0.25) is 5.91 Å². The van der Waals surface area contributed by atoms with Crippen LogP contribution < -0.4 is 4.90 Å². The van der Waals surface area contributed by atoms with Crippen molar-refractivity contribution in [3.05, 3.63) is 35.3 Å². The van der Waals surface area contributed by atoms with Crippen LogP contribution in [0, 0.1) is 6.92 Å². The van der Waals surface area contributed by atoms with Crippen LogP contribution in [0.5, 0.6) is 0 Å². The molecule has 0 unspecified atom stereocenters. The summed E-state index contributed by atoms with van der Waals surface area (Å²) in [6, 6.07) is 5.82. The highest BCUT2D eigenvalue weighted by molar-refractivity contribution is 5.78. The second kappa shape index (κ2) is 6.96. The summed E-state index contributed by atoms with van der Waals surface area (Å²) in [5, 5.41) is 7.48. The fraction of sp³-hybridized carbons (Fsp3) is 0.500. The lowest BCUT2D eigenvalue weighted by Gasteiger charge is -2.33. The zero-order valence-electron chi connectivity index (χ0n) is 14.1. The number of hydrogen-bond donors (Lipinski definition) is 0.